The van der Waals surface area contributed by atoms with Gasteiger partial charge in [-0.25, -0.2) is 4.98 Å². The summed E-state index contributed by atoms with van der Waals surface area (Å²) in [6, 6.07) is 18.4. The second-order valence-corrected chi connectivity index (χ2v) is 6.82. The highest BCUT2D eigenvalue weighted by molar-refractivity contribution is 14.0. The second kappa shape index (κ2) is 11.7. The van der Waals surface area contributed by atoms with Crippen LogP contribution in [0.3, 0.4) is 0 Å². The second-order valence-electron chi connectivity index (χ2n) is 5.96. The molecule has 0 amide bonds. The summed E-state index contributed by atoms with van der Waals surface area (Å²) in [7, 11) is 3.45. The van der Waals surface area contributed by atoms with Crippen LogP contribution in [-0.4, -0.2) is 31.6 Å². The summed E-state index contributed by atoms with van der Waals surface area (Å²) in [5.74, 6) is 1.65. The molecule has 1 aromatic heterocycles. The van der Waals surface area contributed by atoms with Gasteiger partial charge in [-0.2, -0.15) is 0 Å². The van der Waals surface area contributed by atoms with Gasteiger partial charge in [0.1, 0.15) is 10.8 Å². The lowest BCUT2D eigenvalue weighted by atomic mass is 10.1. The number of thiazole rings is 1. The molecule has 0 spiro atoms. The highest BCUT2D eigenvalue weighted by Crippen LogP contribution is 2.23. The maximum absolute atomic E-state index is 5.18. The first kappa shape index (κ1) is 22.2. The molecule has 7 heteroatoms. The molecule has 28 heavy (non-hydrogen) atoms. The van der Waals surface area contributed by atoms with Gasteiger partial charge in [0, 0.05) is 24.5 Å². The van der Waals surface area contributed by atoms with Crippen molar-refractivity contribution in [1.29, 1.82) is 0 Å². The summed E-state index contributed by atoms with van der Waals surface area (Å²) in [4.78, 5) is 8.97. The van der Waals surface area contributed by atoms with E-state index in [4.69, 9.17) is 9.72 Å². The molecule has 0 unspecified atom stereocenters. The maximum Gasteiger partial charge on any atom is 0.191 e. The Morgan fingerprint density at radius 2 is 1.82 bits per heavy atom. The molecule has 0 atom stereocenters. The fourth-order valence-electron chi connectivity index (χ4n) is 2.61. The Balaban J connectivity index is 0.00000280. The normalized spacial score (nSPS) is 10.9. The van der Waals surface area contributed by atoms with Crippen molar-refractivity contribution < 1.29 is 4.74 Å². The van der Waals surface area contributed by atoms with Crippen molar-refractivity contribution in [2.24, 2.45) is 4.99 Å². The Hall–Kier alpha value is -2.13. The Morgan fingerprint density at radius 3 is 2.50 bits per heavy atom. The minimum atomic E-state index is 0. The van der Waals surface area contributed by atoms with Gasteiger partial charge in [-0.05, 0) is 24.1 Å². The molecule has 0 saturated heterocycles. The summed E-state index contributed by atoms with van der Waals surface area (Å²) < 4.78 is 5.18. The minimum Gasteiger partial charge on any atom is -0.497 e. The molecule has 0 aliphatic carbocycles. The number of ether oxygens (including phenoxy) is 1. The van der Waals surface area contributed by atoms with Gasteiger partial charge in [0.2, 0.25) is 0 Å². The number of nitrogens with zero attached hydrogens (tertiary/aromatic N) is 2. The summed E-state index contributed by atoms with van der Waals surface area (Å²) in [6.07, 6.45) is 0.916. The van der Waals surface area contributed by atoms with Crippen molar-refractivity contribution in [3.05, 3.63) is 71.2 Å². The Morgan fingerprint density at radius 1 is 1.07 bits per heavy atom. The van der Waals surface area contributed by atoms with Crippen LogP contribution in [0.5, 0.6) is 5.75 Å². The summed E-state index contributed by atoms with van der Waals surface area (Å²) in [6.45, 7) is 1.45. The van der Waals surface area contributed by atoms with E-state index in [1.807, 2.05) is 30.3 Å². The number of hydrogen-bond donors (Lipinski definition) is 2. The van der Waals surface area contributed by atoms with Crippen LogP contribution in [0.4, 0.5) is 0 Å². The minimum absolute atomic E-state index is 0. The van der Waals surface area contributed by atoms with Crippen molar-refractivity contribution in [2.45, 2.75) is 13.0 Å². The standard InChI is InChI=1S/C21H24N4OS.HI/c1-22-21(23-13-12-16-8-10-19(26-2)11-9-16)24-14-18-15-27-20(25-18)17-6-4-3-5-7-17;/h3-11,15H,12-14H2,1-2H3,(H2,22,23,24);1H. The van der Waals surface area contributed by atoms with E-state index in [1.54, 1.807) is 25.5 Å². The molecule has 3 rings (SSSR count). The monoisotopic (exact) mass is 508 g/mol. The van der Waals surface area contributed by atoms with E-state index in [0.29, 0.717) is 6.54 Å². The van der Waals surface area contributed by atoms with E-state index >= 15 is 0 Å². The predicted molar refractivity (Wildman–Crippen MR) is 128 cm³/mol. The summed E-state index contributed by atoms with van der Waals surface area (Å²) >= 11 is 1.66. The number of halogens is 1. The van der Waals surface area contributed by atoms with Crippen LogP contribution in [0.1, 0.15) is 11.3 Å². The number of hydrogen-bond acceptors (Lipinski definition) is 4. The van der Waals surface area contributed by atoms with Gasteiger partial charge in [0.15, 0.2) is 5.96 Å². The number of benzene rings is 2. The molecule has 0 aliphatic heterocycles. The van der Waals surface area contributed by atoms with E-state index in [0.717, 1.165) is 40.9 Å². The third-order valence-electron chi connectivity index (χ3n) is 4.10. The predicted octanol–water partition coefficient (Wildman–Crippen LogP) is 4.34. The van der Waals surface area contributed by atoms with Gasteiger partial charge in [-0.15, -0.1) is 35.3 Å². The lowest BCUT2D eigenvalue weighted by Gasteiger charge is -2.11. The van der Waals surface area contributed by atoms with Gasteiger partial charge in [-0.3, -0.25) is 4.99 Å². The smallest absolute Gasteiger partial charge is 0.191 e. The Kier molecular flexibility index (Phi) is 9.22. The number of methoxy groups -OCH3 is 1. The zero-order valence-corrected chi connectivity index (χ0v) is 19.2. The van der Waals surface area contributed by atoms with E-state index in [1.165, 1.54) is 5.56 Å². The number of aromatic nitrogens is 1. The summed E-state index contributed by atoms with van der Waals surface area (Å²) in [5.41, 5.74) is 3.42. The fraction of sp³-hybridized carbons (Fsp3) is 0.238. The molecule has 2 aromatic carbocycles. The highest BCUT2D eigenvalue weighted by atomic mass is 127. The van der Waals surface area contributed by atoms with Crippen molar-refractivity contribution in [3.63, 3.8) is 0 Å². The quantitative estimate of drug-likeness (QED) is 0.283. The van der Waals surface area contributed by atoms with Crippen molar-refractivity contribution in [2.75, 3.05) is 20.7 Å². The zero-order chi connectivity index (χ0) is 18.9. The topological polar surface area (TPSA) is 58.5 Å². The van der Waals surface area contributed by atoms with Gasteiger partial charge >= 0.3 is 0 Å². The van der Waals surface area contributed by atoms with Crippen molar-refractivity contribution >= 4 is 41.3 Å². The van der Waals surface area contributed by atoms with E-state index in [2.05, 4.69) is 45.3 Å². The molecule has 0 saturated carbocycles. The Bertz CT molecular complexity index is 866. The van der Waals surface area contributed by atoms with Crippen LogP contribution in [-0.2, 0) is 13.0 Å². The molecule has 0 fully saturated rings. The van der Waals surface area contributed by atoms with Gasteiger partial charge in [0.05, 0.1) is 19.3 Å². The van der Waals surface area contributed by atoms with Crippen LogP contribution in [0, 0.1) is 0 Å². The van der Waals surface area contributed by atoms with Crippen LogP contribution >= 0.6 is 35.3 Å². The first-order valence-electron chi connectivity index (χ1n) is 8.86. The van der Waals surface area contributed by atoms with E-state index in [9.17, 15) is 0 Å². The van der Waals surface area contributed by atoms with Gasteiger partial charge < -0.3 is 15.4 Å². The number of guanidine groups is 1. The largest absolute Gasteiger partial charge is 0.497 e. The fourth-order valence-corrected chi connectivity index (χ4v) is 3.44. The van der Waals surface area contributed by atoms with Crippen LogP contribution in [0.15, 0.2) is 65.0 Å². The van der Waals surface area contributed by atoms with Crippen molar-refractivity contribution in [1.82, 2.24) is 15.6 Å². The van der Waals surface area contributed by atoms with Crippen LogP contribution in [0.2, 0.25) is 0 Å². The Labute approximate surface area is 187 Å². The number of rotatable bonds is 7. The molecule has 148 valence electrons. The van der Waals surface area contributed by atoms with Gasteiger partial charge in [-0.1, -0.05) is 42.5 Å². The molecule has 1 heterocycles. The lowest BCUT2D eigenvalue weighted by Crippen LogP contribution is -2.37. The highest BCUT2D eigenvalue weighted by Gasteiger charge is 2.05. The molecule has 3 aromatic rings. The van der Waals surface area contributed by atoms with Crippen LogP contribution < -0.4 is 15.4 Å². The molecule has 2 N–H and O–H groups in total. The lowest BCUT2D eigenvalue weighted by molar-refractivity contribution is 0.414. The first-order valence-corrected chi connectivity index (χ1v) is 9.73. The molecule has 0 radical (unpaired) electrons. The molecule has 5 nitrogen and oxygen atoms in total. The van der Waals surface area contributed by atoms with Crippen LogP contribution in [0.25, 0.3) is 10.6 Å². The third-order valence-corrected chi connectivity index (χ3v) is 5.04. The molecular formula is C21H25IN4OS. The molecule has 0 aliphatic rings. The first-order chi connectivity index (χ1) is 13.3. The zero-order valence-electron chi connectivity index (χ0n) is 16.0. The van der Waals surface area contributed by atoms with Crippen molar-refractivity contribution in [3.8, 4) is 16.3 Å². The maximum atomic E-state index is 5.18. The third kappa shape index (κ3) is 6.49. The van der Waals surface area contributed by atoms with Gasteiger partial charge in [0.25, 0.3) is 0 Å². The van der Waals surface area contributed by atoms with E-state index < -0.39 is 0 Å². The average Bonchev–Trinajstić information content (AvgIpc) is 3.21. The number of aliphatic imine (C=N–C) groups is 1. The molecule has 0 bridgehead atoms. The average molecular weight is 508 g/mol. The van der Waals surface area contributed by atoms with E-state index in [-0.39, 0.29) is 24.0 Å². The molecular weight excluding hydrogens is 483 g/mol. The summed E-state index contributed by atoms with van der Waals surface area (Å²) in [5, 5.41) is 9.78. The SMILES string of the molecule is CN=C(NCCc1ccc(OC)cc1)NCc1csc(-c2ccccc2)n1.I. The number of nitrogens with one attached hydrogen (secondary N) is 2.